The van der Waals surface area contributed by atoms with E-state index in [9.17, 15) is 4.79 Å². The third-order valence-corrected chi connectivity index (χ3v) is 2.43. The molecular formula is C13H14O4. The van der Waals surface area contributed by atoms with Gasteiger partial charge in [0.05, 0.1) is 0 Å². The molecule has 17 heavy (non-hydrogen) atoms. The van der Waals surface area contributed by atoms with Gasteiger partial charge in [0.25, 0.3) is 0 Å². The normalized spacial score (nSPS) is 10.7. The van der Waals surface area contributed by atoms with Crippen LogP contribution in [0.4, 0.5) is 0 Å². The predicted molar refractivity (Wildman–Crippen MR) is 64.3 cm³/mol. The maximum Gasteiger partial charge on any atom is 0.336 e. The van der Waals surface area contributed by atoms with Crippen LogP contribution in [0, 0.1) is 6.92 Å². The molecule has 0 fully saturated rings. The summed E-state index contributed by atoms with van der Waals surface area (Å²) >= 11 is 0. The molecule has 1 aromatic carbocycles. The Balaban J connectivity index is 2.33. The van der Waals surface area contributed by atoms with E-state index in [1.165, 1.54) is 6.07 Å². The highest BCUT2D eigenvalue weighted by Crippen LogP contribution is 2.22. The lowest BCUT2D eigenvalue weighted by atomic mass is 10.1. The quantitative estimate of drug-likeness (QED) is 0.463. The molecule has 0 unspecified atom stereocenters. The van der Waals surface area contributed by atoms with Crippen LogP contribution in [0.1, 0.15) is 12.5 Å². The molecule has 2 aromatic rings. The number of hydrogen-bond donors (Lipinski definition) is 0. The van der Waals surface area contributed by atoms with Crippen molar-refractivity contribution in [2.24, 2.45) is 0 Å². The standard InChI is InChI=1S/C13H14O4/c1-3-15-8-16-10-4-5-12-11(7-10)9(2)6-13(14)17-12/h4-7H,3,8H2,1-2H3. The van der Waals surface area contributed by atoms with Gasteiger partial charge in [-0.1, -0.05) is 0 Å². The molecule has 0 saturated carbocycles. The molecule has 0 bridgehead atoms. The molecule has 0 aliphatic heterocycles. The van der Waals surface area contributed by atoms with Crippen LogP contribution >= 0.6 is 0 Å². The van der Waals surface area contributed by atoms with Crippen molar-refractivity contribution in [3.8, 4) is 5.75 Å². The van der Waals surface area contributed by atoms with E-state index < -0.39 is 0 Å². The van der Waals surface area contributed by atoms with E-state index in [0.717, 1.165) is 10.9 Å². The fourth-order valence-electron chi connectivity index (χ4n) is 1.58. The minimum atomic E-state index is -0.335. The van der Waals surface area contributed by atoms with Gasteiger partial charge < -0.3 is 13.9 Å². The molecule has 0 aliphatic carbocycles. The predicted octanol–water partition coefficient (Wildman–Crippen LogP) is 2.47. The van der Waals surface area contributed by atoms with E-state index in [0.29, 0.717) is 17.9 Å². The second-order valence-corrected chi connectivity index (χ2v) is 3.66. The number of benzene rings is 1. The lowest BCUT2D eigenvalue weighted by Crippen LogP contribution is -2.02. The summed E-state index contributed by atoms with van der Waals surface area (Å²) in [7, 11) is 0. The summed E-state index contributed by atoms with van der Waals surface area (Å²) in [6, 6.07) is 6.79. The summed E-state index contributed by atoms with van der Waals surface area (Å²) in [5.74, 6) is 0.697. The molecule has 0 N–H and O–H groups in total. The highest BCUT2D eigenvalue weighted by molar-refractivity contribution is 5.81. The van der Waals surface area contributed by atoms with E-state index >= 15 is 0 Å². The van der Waals surface area contributed by atoms with Gasteiger partial charge in [-0.15, -0.1) is 0 Å². The van der Waals surface area contributed by atoms with Gasteiger partial charge >= 0.3 is 5.63 Å². The monoisotopic (exact) mass is 234 g/mol. The van der Waals surface area contributed by atoms with Gasteiger partial charge in [0, 0.05) is 18.1 Å². The zero-order valence-electron chi connectivity index (χ0n) is 9.86. The van der Waals surface area contributed by atoms with E-state index in [1.807, 2.05) is 19.9 Å². The van der Waals surface area contributed by atoms with Gasteiger partial charge in [-0.3, -0.25) is 0 Å². The molecule has 4 nitrogen and oxygen atoms in total. The molecule has 0 atom stereocenters. The van der Waals surface area contributed by atoms with Crippen LogP contribution in [0.5, 0.6) is 5.75 Å². The van der Waals surface area contributed by atoms with Crippen molar-refractivity contribution in [3.05, 3.63) is 40.2 Å². The Morgan fingerprint density at radius 3 is 2.88 bits per heavy atom. The molecular weight excluding hydrogens is 220 g/mol. The Kier molecular flexibility index (Phi) is 3.44. The van der Waals surface area contributed by atoms with Crippen LogP contribution in [0.3, 0.4) is 0 Å². The van der Waals surface area contributed by atoms with Crippen molar-refractivity contribution >= 4 is 11.0 Å². The molecule has 4 heteroatoms. The number of hydrogen-bond acceptors (Lipinski definition) is 4. The fourth-order valence-corrected chi connectivity index (χ4v) is 1.58. The van der Waals surface area contributed by atoms with Gasteiger partial charge in [0.1, 0.15) is 11.3 Å². The third kappa shape index (κ3) is 2.65. The number of aryl methyl sites for hydroxylation is 1. The average Bonchev–Trinajstić information content (AvgIpc) is 2.30. The first kappa shape index (κ1) is 11.7. The van der Waals surface area contributed by atoms with Crippen molar-refractivity contribution in [2.75, 3.05) is 13.4 Å². The fraction of sp³-hybridized carbons (Fsp3) is 0.308. The maximum absolute atomic E-state index is 11.2. The molecule has 0 amide bonds. The summed E-state index contributed by atoms with van der Waals surface area (Å²) in [6.45, 7) is 4.60. The Morgan fingerprint density at radius 1 is 1.29 bits per heavy atom. The molecule has 1 heterocycles. The van der Waals surface area contributed by atoms with Crippen LogP contribution in [0.25, 0.3) is 11.0 Å². The first-order valence-corrected chi connectivity index (χ1v) is 5.46. The van der Waals surface area contributed by atoms with Crippen molar-refractivity contribution in [2.45, 2.75) is 13.8 Å². The Morgan fingerprint density at radius 2 is 2.12 bits per heavy atom. The van der Waals surface area contributed by atoms with Crippen molar-refractivity contribution in [1.29, 1.82) is 0 Å². The van der Waals surface area contributed by atoms with Gasteiger partial charge in [-0.25, -0.2) is 4.79 Å². The van der Waals surface area contributed by atoms with Gasteiger partial charge in [0.15, 0.2) is 6.79 Å². The summed E-state index contributed by atoms with van der Waals surface area (Å²) in [5, 5.41) is 0.874. The molecule has 90 valence electrons. The highest BCUT2D eigenvalue weighted by Gasteiger charge is 2.03. The molecule has 0 saturated heterocycles. The zero-order chi connectivity index (χ0) is 12.3. The summed E-state index contributed by atoms with van der Waals surface area (Å²) in [5.41, 5.74) is 1.11. The van der Waals surface area contributed by atoms with Crippen LogP contribution in [-0.4, -0.2) is 13.4 Å². The summed E-state index contributed by atoms with van der Waals surface area (Å²) in [6.07, 6.45) is 0. The number of fused-ring (bicyclic) bond motifs is 1. The number of ether oxygens (including phenoxy) is 2. The summed E-state index contributed by atoms with van der Waals surface area (Å²) < 4.78 is 15.6. The Hall–Kier alpha value is -1.81. The van der Waals surface area contributed by atoms with Gasteiger partial charge in [0.2, 0.25) is 0 Å². The van der Waals surface area contributed by atoms with Crippen LogP contribution < -0.4 is 10.4 Å². The first-order chi connectivity index (χ1) is 8.20. The van der Waals surface area contributed by atoms with Crippen LogP contribution in [0.15, 0.2) is 33.5 Å². The van der Waals surface area contributed by atoms with Crippen LogP contribution in [-0.2, 0) is 4.74 Å². The molecule has 0 spiro atoms. The maximum atomic E-state index is 11.2. The molecule has 1 aromatic heterocycles. The zero-order valence-corrected chi connectivity index (χ0v) is 9.86. The van der Waals surface area contributed by atoms with E-state index in [2.05, 4.69) is 0 Å². The number of rotatable bonds is 4. The Labute approximate surface area is 98.8 Å². The smallest absolute Gasteiger partial charge is 0.336 e. The minimum absolute atomic E-state index is 0.220. The van der Waals surface area contributed by atoms with Gasteiger partial charge in [-0.05, 0) is 37.6 Å². The van der Waals surface area contributed by atoms with E-state index in [-0.39, 0.29) is 12.4 Å². The first-order valence-electron chi connectivity index (χ1n) is 5.46. The van der Waals surface area contributed by atoms with Crippen molar-refractivity contribution < 1.29 is 13.9 Å². The van der Waals surface area contributed by atoms with Gasteiger partial charge in [-0.2, -0.15) is 0 Å². The van der Waals surface area contributed by atoms with Crippen molar-refractivity contribution in [1.82, 2.24) is 0 Å². The Bertz CT molecular complexity index is 571. The van der Waals surface area contributed by atoms with Crippen molar-refractivity contribution in [3.63, 3.8) is 0 Å². The molecule has 0 radical (unpaired) electrons. The van der Waals surface area contributed by atoms with E-state index in [4.69, 9.17) is 13.9 Å². The molecule has 2 rings (SSSR count). The lowest BCUT2D eigenvalue weighted by molar-refractivity contribution is 0.0225. The van der Waals surface area contributed by atoms with E-state index in [1.54, 1.807) is 12.1 Å². The average molecular weight is 234 g/mol. The SMILES string of the molecule is CCOCOc1ccc2oc(=O)cc(C)c2c1. The molecule has 0 aliphatic rings. The minimum Gasteiger partial charge on any atom is -0.468 e. The van der Waals surface area contributed by atoms with Crippen LogP contribution in [0.2, 0.25) is 0 Å². The second-order valence-electron chi connectivity index (χ2n) is 3.66. The topological polar surface area (TPSA) is 48.7 Å². The lowest BCUT2D eigenvalue weighted by Gasteiger charge is -2.07. The third-order valence-electron chi connectivity index (χ3n) is 2.43. The largest absolute Gasteiger partial charge is 0.468 e. The second kappa shape index (κ2) is 5.01. The summed E-state index contributed by atoms with van der Waals surface area (Å²) in [4.78, 5) is 11.2. The highest BCUT2D eigenvalue weighted by atomic mass is 16.7.